The van der Waals surface area contributed by atoms with E-state index in [2.05, 4.69) is 14.8 Å². The topological polar surface area (TPSA) is 60.2 Å². The number of hydrogen-bond donors (Lipinski definition) is 0. The Labute approximate surface area is 147 Å². The average Bonchev–Trinajstić information content (AvgIpc) is 3.29. The predicted octanol–water partition coefficient (Wildman–Crippen LogP) is 2.63. The van der Waals surface area contributed by atoms with Gasteiger partial charge >= 0.3 is 0 Å². The molecule has 1 atom stereocenters. The van der Waals surface area contributed by atoms with Gasteiger partial charge in [0.25, 0.3) is 5.91 Å². The van der Waals surface area contributed by atoms with E-state index < -0.39 is 6.10 Å². The van der Waals surface area contributed by atoms with Crippen molar-refractivity contribution < 1.29 is 9.53 Å². The summed E-state index contributed by atoms with van der Waals surface area (Å²) >= 11 is 0. The SMILES string of the molecule is Cc1nnc2n1CCN(C(=O)[C@H](OC1CCCC1)c1ccccc1)C2. The fraction of sp³-hybridized carbons (Fsp3) is 0.526. The van der Waals surface area contributed by atoms with Crippen LogP contribution in [0.15, 0.2) is 30.3 Å². The zero-order valence-electron chi connectivity index (χ0n) is 14.6. The largest absolute Gasteiger partial charge is 0.360 e. The molecule has 132 valence electrons. The van der Waals surface area contributed by atoms with Gasteiger partial charge in [0, 0.05) is 13.1 Å². The smallest absolute Gasteiger partial charge is 0.256 e. The molecule has 0 saturated heterocycles. The van der Waals surface area contributed by atoms with Gasteiger partial charge in [-0.25, -0.2) is 0 Å². The molecule has 2 aliphatic rings. The van der Waals surface area contributed by atoms with Crippen LogP contribution in [0.5, 0.6) is 0 Å². The van der Waals surface area contributed by atoms with Crippen molar-refractivity contribution in [3.63, 3.8) is 0 Å². The highest BCUT2D eigenvalue weighted by Crippen LogP contribution is 2.30. The lowest BCUT2D eigenvalue weighted by Crippen LogP contribution is -2.42. The summed E-state index contributed by atoms with van der Waals surface area (Å²) in [5, 5.41) is 8.32. The summed E-state index contributed by atoms with van der Waals surface area (Å²) in [5.41, 5.74) is 0.933. The number of aromatic nitrogens is 3. The quantitative estimate of drug-likeness (QED) is 0.858. The first-order valence-electron chi connectivity index (χ1n) is 9.10. The Kier molecular flexibility index (Phi) is 4.53. The molecule has 4 rings (SSSR count). The van der Waals surface area contributed by atoms with Crippen LogP contribution in [0.25, 0.3) is 0 Å². The van der Waals surface area contributed by atoms with Gasteiger partial charge in [0.15, 0.2) is 11.9 Å². The number of aryl methyl sites for hydroxylation is 1. The number of ether oxygens (including phenoxy) is 1. The van der Waals surface area contributed by atoms with Gasteiger partial charge in [0.2, 0.25) is 0 Å². The molecule has 1 saturated carbocycles. The first-order valence-corrected chi connectivity index (χ1v) is 9.10. The number of rotatable bonds is 4. The Morgan fingerprint density at radius 3 is 2.68 bits per heavy atom. The molecule has 1 aromatic heterocycles. The first kappa shape index (κ1) is 16.3. The molecular weight excluding hydrogens is 316 g/mol. The minimum absolute atomic E-state index is 0.0324. The van der Waals surface area contributed by atoms with E-state index in [-0.39, 0.29) is 12.0 Å². The molecule has 2 aromatic rings. The second kappa shape index (κ2) is 6.96. The number of fused-ring (bicyclic) bond motifs is 1. The Morgan fingerprint density at radius 2 is 1.92 bits per heavy atom. The number of benzene rings is 1. The summed E-state index contributed by atoms with van der Waals surface area (Å²) < 4.78 is 8.35. The molecule has 0 bridgehead atoms. The van der Waals surface area contributed by atoms with Gasteiger partial charge in [-0.05, 0) is 25.3 Å². The fourth-order valence-corrected chi connectivity index (χ4v) is 3.78. The number of hydrogen-bond acceptors (Lipinski definition) is 4. The second-order valence-electron chi connectivity index (χ2n) is 6.91. The van der Waals surface area contributed by atoms with E-state index in [0.29, 0.717) is 13.1 Å². The number of carbonyl (C=O) groups is 1. The molecule has 25 heavy (non-hydrogen) atoms. The molecule has 1 aliphatic carbocycles. The van der Waals surface area contributed by atoms with Gasteiger partial charge < -0.3 is 14.2 Å². The standard InChI is InChI=1S/C19H24N4O2/c1-14-20-21-17-13-22(11-12-23(14)17)19(24)18(15-7-3-2-4-8-15)25-16-9-5-6-10-16/h2-4,7-8,16,18H,5-6,9-13H2,1H3/t18-/m1/s1. The van der Waals surface area contributed by atoms with Crippen molar-refractivity contribution >= 4 is 5.91 Å². The molecule has 2 heterocycles. The fourth-order valence-electron chi connectivity index (χ4n) is 3.78. The molecule has 1 amide bonds. The van der Waals surface area contributed by atoms with Crippen molar-refractivity contribution in [2.75, 3.05) is 6.54 Å². The molecule has 6 heteroatoms. The zero-order chi connectivity index (χ0) is 17.2. The van der Waals surface area contributed by atoms with Crippen LogP contribution >= 0.6 is 0 Å². The van der Waals surface area contributed by atoms with Gasteiger partial charge in [0.1, 0.15) is 5.82 Å². The summed E-state index contributed by atoms with van der Waals surface area (Å²) in [6, 6.07) is 9.85. The summed E-state index contributed by atoms with van der Waals surface area (Å²) in [4.78, 5) is 15.1. The van der Waals surface area contributed by atoms with Gasteiger partial charge in [-0.2, -0.15) is 0 Å². The van der Waals surface area contributed by atoms with Crippen molar-refractivity contribution in [1.82, 2.24) is 19.7 Å². The van der Waals surface area contributed by atoms with E-state index >= 15 is 0 Å². The summed E-state index contributed by atoms with van der Waals surface area (Å²) in [5.74, 6) is 1.79. The zero-order valence-corrected chi connectivity index (χ0v) is 14.6. The first-order chi connectivity index (χ1) is 12.2. The minimum Gasteiger partial charge on any atom is -0.360 e. The molecule has 1 fully saturated rings. The normalized spacial score (nSPS) is 19.0. The van der Waals surface area contributed by atoms with Crippen LogP contribution in [0.4, 0.5) is 0 Å². The minimum atomic E-state index is -0.528. The highest BCUT2D eigenvalue weighted by molar-refractivity contribution is 5.82. The van der Waals surface area contributed by atoms with Crippen LogP contribution in [-0.4, -0.2) is 38.2 Å². The lowest BCUT2D eigenvalue weighted by molar-refractivity contribution is -0.149. The Balaban J connectivity index is 1.55. The maximum atomic E-state index is 13.2. The molecule has 0 spiro atoms. The van der Waals surface area contributed by atoms with Crippen LogP contribution in [0.3, 0.4) is 0 Å². The maximum Gasteiger partial charge on any atom is 0.256 e. The number of nitrogens with zero attached hydrogens (tertiary/aromatic N) is 4. The molecule has 1 aliphatic heterocycles. The van der Waals surface area contributed by atoms with E-state index in [4.69, 9.17) is 4.74 Å². The lowest BCUT2D eigenvalue weighted by Gasteiger charge is -2.32. The summed E-state index contributed by atoms with van der Waals surface area (Å²) in [7, 11) is 0. The third-order valence-corrected chi connectivity index (χ3v) is 5.21. The van der Waals surface area contributed by atoms with Crippen LogP contribution < -0.4 is 0 Å². The molecule has 0 radical (unpaired) electrons. The van der Waals surface area contributed by atoms with E-state index in [9.17, 15) is 4.79 Å². The molecule has 1 aromatic carbocycles. The van der Waals surface area contributed by atoms with Gasteiger partial charge in [-0.15, -0.1) is 10.2 Å². The molecule has 0 N–H and O–H groups in total. The van der Waals surface area contributed by atoms with E-state index in [0.717, 1.165) is 36.6 Å². The predicted molar refractivity (Wildman–Crippen MR) is 92.7 cm³/mol. The van der Waals surface area contributed by atoms with E-state index in [1.807, 2.05) is 42.2 Å². The van der Waals surface area contributed by atoms with Crippen LogP contribution in [0.2, 0.25) is 0 Å². The van der Waals surface area contributed by atoms with Crippen molar-refractivity contribution in [3.05, 3.63) is 47.5 Å². The molecular formula is C19H24N4O2. The highest BCUT2D eigenvalue weighted by Gasteiger charge is 2.32. The van der Waals surface area contributed by atoms with Gasteiger partial charge in [0.05, 0.1) is 12.6 Å². The van der Waals surface area contributed by atoms with Crippen LogP contribution in [0.1, 0.15) is 49.0 Å². The summed E-state index contributed by atoms with van der Waals surface area (Å²) in [6.07, 6.45) is 4.12. The Hall–Kier alpha value is -2.21. The van der Waals surface area contributed by atoms with Gasteiger partial charge in [-0.3, -0.25) is 4.79 Å². The molecule has 0 unspecified atom stereocenters. The van der Waals surface area contributed by atoms with Crippen LogP contribution in [-0.2, 0) is 22.6 Å². The third-order valence-electron chi connectivity index (χ3n) is 5.21. The lowest BCUT2D eigenvalue weighted by atomic mass is 10.1. The Morgan fingerprint density at radius 1 is 1.16 bits per heavy atom. The highest BCUT2D eigenvalue weighted by atomic mass is 16.5. The summed E-state index contributed by atoms with van der Waals surface area (Å²) in [6.45, 7) is 3.86. The van der Waals surface area contributed by atoms with E-state index in [1.165, 1.54) is 12.8 Å². The number of carbonyl (C=O) groups excluding carboxylic acids is 1. The second-order valence-corrected chi connectivity index (χ2v) is 6.91. The maximum absolute atomic E-state index is 13.2. The van der Waals surface area contributed by atoms with Crippen molar-refractivity contribution in [2.24, 2.45) is 0 Å². The van der Waals surface area contributed by atoms with Crippen LogP contribution in [0, 0.1) is 6.92 Å². The van der Waals surface area contributed by atoms with E-state index in [1.54, 1.807) is 0 Å². The average molecular weight is 340 g/mol. The van der Waals surface area contributed by atoms with Crippen molar-refractivity contribution in [3.8, 4) is 0 Å². The monoisotopic (exact) mass is 340 g/mol. The van der Waals surface area contributed by atoms with Gasteiger partial charge in [-0.1, -0.05) is 43.2 Å². The Bertz CT molecular complexity index is 737. The third kappa shape index (κ3) is 3.31. The van der Waals surface area contributed by atoms with Crippen molar-refractivity contribution in [2.45, 2.75) is 57.9 Å². The number of amides is 1. The molecule has 6 nitrogen and oxygen atoms in total. The van der Waals surface area contributed by atoms with Crippen molar-refractivity contribution in [1.29, 1.82) is 0 Å².